The van der Waals surface area contributed by atoms with E-state index in [0.717, 1.165) is 28.1 Å². The topological polar surface area (TPSA) is 85.3 Å². The average Bonchev–Trinajstić information content (AvgIpc) is 3.41. The quantitative estimate of drug-likeness (QED) is 0.468. The zero-order valence-corrected chi connectivity index (χ0v) is 16.8. The van der Waals surface area contributed by atoms with Crippen molar-refractivity contribution in [3.8, 4) is 22.5 Å². The summed E-state index contributed by atoms with van der Waals surface area (Å²) < 4.78 is 7.35. The number of hydrogen-bond donors (Lipinski definition) is 1. The van der Waals surface area contributed by atoms with Crippen molar-refractivity contribution in [3.05, 3.63) is 96.3 Å². The maximum Gasteiger partial charge on any atom is 0.251 e. The Labute approximate surface area is 178 Å². The van der Waals surface area contributed by atoms with E-state index in [9.17, 15) is 4.79 Å². The van der Waals surface area contributed by atoms with Crippen molar-refractivity contribution in [2.75, 3.05) is 0 Å². The number of fused-ring (bicyclic) bond motifs is 1. The van der Waals surface area contributed by atoms with Gasteiger partial charge in [0.15, 0.2) is 0 Å². The molecule has 0 fully saturated rings. The van der Waals surface area contributed by atoms with Crippen molar-refractivity contribution in [1.29, 1.82) is 0 Å². The zero-order valence-electron chi connectivity index (χ0n) is 16.8. The van der Waals surface area contributed by atoms with E-state index in [1.807, 2.05) is 66.2 Å². The van der Waals surface area contributed by atoms with Gasteiger partial charge in [0.2, 0.25) is 0 Å². The molecule has 4 heterocycles. The van der Waals surface area contributed by atoms with E-state index >= 15 is 0 Å². The number of aryl methyl sites for hydroxylation is 1. The third-order valence-electron chi connectivity index (χ3n) is 5.06. The molecule has 31 heavy (non-hydrogen) atoms. The van der Waals surface area contributed by atoms with Crippen LogP contribution >= 0.6 is 0 Å². The minimum Gasteiger partial charge on any atom is -0.360 e. The fourth-order valence-electron chi connectivity index (χ4n) is 3.50. The van der Waals surface area contributed by atoms with Gasteiger partial charge >= 0.3 is 0 Å². The Balaban J connectivity index is 1.44. The van der Waals surface area contributed by atoms with Crippen molar-refractivity contribution in [3.63, 3.8) is 0 Å². The van der Waals surface area contributed by atoms with Crippen LogP contribution in [0.5, 0.6) is 0 Å². The van der Waals surface area contributed by atoms with Crippen molar-refractivity contribution >= 4 is 11.6 Å². The summed E-state index contributed by atoms with van der Waals surface area (Å²) in [5.74, 6) is 0.527. The highest BCUT2D eigenvalue weighted by atomic mass is 16.5. The molecule has 0 aliphatic carbocycles. The summed E-state index contributed by atoms with van der Waals surface area (Å²) in [7, 11) is 0. The first-order valence-corrected chi connectivity index (χ1v) is 9.87. The molecule has 0 bridgehead atoms. The summed E-state index contributed by atoms with van der Waals surface area (Å²) >= 11 is 0. The molecule has 0 spiro atoms. The largest absolute Gasteiger partial charge is 0.360 e. The smallest absolute Gasteiger partial charge is 0.251 e. The van der Waals surface area contributed by atoms with Gasteiger partial charge < -0.3 is 14.2 Å². The maximum atomic E-state index is 12.6. The lowest BCUT2D eigenvalue weighted by Gasteiger charge is -2.05. The molecule has 1 aromatic carbocycles. The number of nitrogens with one attached hydrogen (secondary N) is 1. The molecule has 0 unspecified atom stereocenters. The Morgan fingerprint density at radius 1 is 1.13 bits per heavy atom. The molecule has 5 aromatic rings. The van der Waals surface area contributed by atoms with Crippen LogP contribution in [0.3, 0.4) is 0 Å². The number of nitrogens with zero attached hydrogens (tertiary/aromatic N) is 4. The molecular weight excluding hydrogens is 390 g/mol. The summed E-state index contributed by atoms with van der Waals surface area (Å²) in [4.78, 5) is 21.4. The van der Waals surface area contributed by atoms with E-state index in [4.69, 9.17) is 9.51 Å². The van der Waals surface area contributed by atoms with Gasteiger partial charge in [0.25, 0.3) is 5.91 Å². The number of hydrogen-bond acceptors (Lipinski definition) is 5. The lowest BCUT2D eigenvalue weighted by atomic mass is 10.0. The Morgan fingerprint density at radius 2 is 2.00 bits per heavy atom. The fourth-order valence-corrected chi connectivity index (χ4v) is 3.50. The molecule has 0 aliphatic heterocycles. The van der Waals surface area contributed by atoms with Gasteiger partial charge in [-0.15, -0.1) is 0 Å². The number of benzene rings is 1. The number of carbonyl (C=O) groups excluding carboxylic acids is 1. The number of pyridine rings is 2. The number of rotatable bonds is 5. The highest BCUT2D eigenvalue weighted by Crippen LogP contribution is 2.33. The second-order valence-electron chi connectivity index (χ2n) is 7.18. The lowest BCUT2D eigenvalue weighted by molar-refractivity contribution is 0.0951. The molecule has 1 N–H and O–H groups in total. The Bertz CT molecular complexity index is 1360. The molecule has 7 nitrogen and oxygen atoms in total. The first kappa shape index (κ1) is 18.7. The minimum absolute atomic E-state index is 0.165. The molecule has 0 atom stereocenters. The Morgan fingerprint density at radius 3 is 2.81 bits per heavy atom. The van der Waals surface area contributed by atoms with Gasteiger partial charge in [-0.25, -0.2) is 4.98 Å². The summed E-state index contributed by atoms with van der Waals surface area (Å²) in [6.07, 6.45) is 7.18. The van der Waals surface area contributed by atoms with E-state index in [0.29, 0.717) is 23.5 Å². The summed E-state index contributed by atoms with van der Waals surface area (Å²) in [5.41, 5.74) is 5.44. The molecule has 1 amide bonds. The van der Waals surface area contributed by atoms with Gasteiger partial charge in [0.05, 0.1) is 11.3 Å². The van der Waals surface area contributed by atoms with Crippen molar-refractivity contribution in [2.45, 2.75) is 13.5 Å². The molecule has 5 rings (SSSR count). The lowest BCUT2D eigenvalue weighted by Crippen LogP contribution is -2.22. The molecule has 0 aliphatic rings. The SMILES string of the molecule is Cc1onc(-c2ccccc2)c1-c1cn2ccc(C(=O)NCc3cccnc3)cc2n1. The summed E-state index contributed by atoms with van der Waals surface area (Å²) in [6.45, 7) is 2.29. The van der Waals surface area contributed by atoms with E-state index in [1.165, 1.54) is 0 Å². The van der Waals surface area contributed by atoms with E-state index in [1.54, 1.807) is 24.5 Å². The van der Waals surface area contributed by atoms with Crippen LogP contribution in [0.15, 0.2) is 83.9 Å². The van der Waals surface area contributed by atoms with E-state index in [-0.39, 0.29) is 5.91 Å². The van der Waals surface area contributed by atoms with E-state index < -0.39 is 0 Å². The van der Waals surface area contributed by atoms with Crippen LogP contribution < -0.4 is 5.32 Å². The predicted octanol–water partition coefficient (Wildman–Crippen LogP) is 4.29. The van der Waals surface area contributed by atoms with Gasteiger partial charge in [0, 0.05) is 42.5 Å². The van der Waals surface area contributed by atoms with Crippen LogP contribution in [0.25, 0.3) is 28.2 Å². The fraction of sp³-hybridized carbons (Fsp3) is 0.0833. The Kier molecular flexibility index (Phi) is 4.76. The standard InChI is InChI=1S/C24H19N5O2/c1-16-22(23(28-31-16)18-7-3-2-4-8-18)20-15-29-11-9-19(12-21(29)27-20)24(30)26-14-17-6-5-10-25-13-17/h2-13,15H,14H2,1H3,(H,26,30). The van der Waals surface area contributed by atoms with Gasteiger partial charge in [0.1, 0.15) is 17.1 Å². The van der Waals surface area contributed by atoms with Crippen molar-refractivity contribution in [2.24, 2.45) is 0 Å². The van der Waals surface area contributed by atoms with Crippen molar-refractivity contribution in [1.82, 2.24) is 24.8 Å². The van der Waals surface area contributed by atoms with Crippen LogP contribution in [-0.4, -0.2) is 25.4 Å². The number of amides is 1. The van der Waals surface area contributed by atoms with Crippen LogP contribution in [0, 0.1) is 6.92 Å². The minimum atomic E-state index is -0.165. The van der Waals surface area contributed by atoms with E-state index in [2.05, 4.69) is 15.5 Å². The molecule has 7 heteroatoms. The van der Waals surface area contributed by atoms with Gasteiger partial charge in [-0.1, -0.05) is 41.6 Å². The van der Waals surface area contributed by atoms with Gasteiger partial charge in [-0.2, -0.15) is 0 Å². The molecule has 0 radical (unpaired) electrons. The van der Waals surface area contributed by atoms with Crippen molar-refractivity contribution < 1.29 is 9.32 Å². The number of imidazole rings is 1. The summed E-state index contributed by atoms with van der Waals surface area (Å²) in [6, 6.07) is 17.2. The predicted molar refractivity (Wildman–Crippen MR) is 116 cm³/mol. The normalized spacial score (nSPS) is 11.0. The van der Waals surface area contributed by atoms with Crippen LogP contribution in [0.1, 0.15) is 21.7 Å². The highest BCUT2D eigenvalue weighted by molar-refractivity contribution is 5.95. The number of aromatic nitrogens is 4. The van der Waals surface area contributed by atoms with Gasteiger partial charge in [-0.3, -0.25) is 9.78 Å². The summed E-state index contributed by atoms with van der Waals surface area (Å²) in [5, 5.41) is 7.15. The Hall–Kier alpha value is -4.26. The maximum absolute atomic E-state index is 12.6. The molecular formula is C24H19N5O2. The van der Waals surface area contributed by atoms with Crippen LogP contribution in [-0.2, 0) is 6.54 Å². The second kappa shape index (κ2) is 7.87. The zero-order chi connectivity index (χ0) is 21.2. The molecule has 0 saturated heterocycles. The first-order chi connectivity index (χ1) is 15.2. The second-order valence-corrected chi connectivity index (χ2v) is 7.18. The third kappa shape index (κ3) is 3.69. The molecule has 4 aromatic heterocycles. The first-order valence-electron chi connectivity index (χ1n) is 9.87. The molecule has 152 valence electrons. The van der Waals surface area contributed by atoms with Crippen LogP contribution in [0.2, 0.25) is 0 Å². The van der Waals surface area contributed by atoms with Crippen LogP contribution in [0.4, 0.5) is 0 Å². The average molecular weight is 409 g/mol. The third-order valence-corrected chi connectivity index (χ3v) is 5.06. The highest BCUT2D eigenvalue weighted by Gasteiger charge is 2.19. The molecule has 0 saturated carbocycles. The number of carbonyl (C=O) groups is 1. The van der Waals surface area contributed by atoms with Gasteiger partial charge in [-0.05, 0) is 30.7 Å². The monoisotopic (exact) mass is 409 g/mol.